The number of benzene rings is 1. The van der Waals surface area contributed by atoms with Crippen molar-refractivity contribution in [2.75, 3.05) is 41.3 Å². The first-order valence-electron chi connectivity index (χ1n) is 10.4. The monoisotopic (exact) mass is 365 g/mol. The largest absolute Gasteiger partial charge is 0.368 e. The van der Waals surface area contributed by atoms with Crippen LogP contribution in [0.1, 0.15) is 43.2 Å². The molecule has 0 atom stereocenters. The van der Waals surface area contributed by atoms with E-state index < -0.39 is 0 Å². The Balaban J connectivity index is 1.39. The van der Waals surface area contributed by atoms with Gasteiger partial charge in [0.1, 0.15) is 5.82 Å². The molecule has 1 saturated heterocycles. The van der Waals surface area contributed by atoms with Crippen LogP contribution in [0, 0.1) is 13.8 Å². The SMILES string of the molecule is Cc1cccc(N2CCN(c3nccc(NC4CCCCC4)n3)CC2)c1C. The first-order valence-corrected chi connectivity index (χ1v) is 10.4. The number of aromatic nitrogens is 2. The highest BCUT2D eigenvalue weighted by Gasteiger charge is 2.21. The fraction of sp³-hybridized carbons (Fsp3) is 0.545. The molecule has 1 aliphatic heterocycles. The molecule has 1 saturated carbocycles. The van der Waals surface area contributed by atoms with Crippen molar-refractivity contribution in [3.8, 4) is 0 Å². The zero-order valence-electron chi connectivity index (χ0n) is 16.6. The highest BCUT2D eigenvalue weighted by atomic mass is 15.3. The fourth-order valence-corrected chi connectivity index (χ4v) is 4.26. The Morgan fingerprint density at radius 2 is 1.67 bits per heavy atom. The summed E-state index contributed by atoms with van der Waals surface area (Å²) in [6, 6.07) is 9.16. The van der Waals surface area contributed by atoms with Gasteiger partial charge in [-0.2, -0.15) is 4.98 Å². The van der Waals surface area contributed by atoms with E-state index in [0.29, 0.717) is 6.04 Å². The molecule has 27 heavy (non-hydrogen) atoms. The lowest BCUT2D eigenvalue weighted by Crippen LogP contribution is -2.47. The summed E-state index contributed by atoms with van der Waals surface area (Å²) >= 11 is 0. The smallest absolute Gasteiger partial charge is 0.227 e. The average molecular weight is 366 g/mol. The quantitative estimate of drug-likeness (QED) is 0.881. The summed E-state index contributed by atoms with van der Waals surface area (Å²) in [6.45, 7) is 8.34. The third-order valence-corrected chi connectivity index (χ3v) is 6.08. The minimum absolute atomic E-state index is 0.572. The predicted molar refractivity (Wildman–Crippen MR) is 113 cm³/mol. The van der Waals surface area contributed by atoms with Crippen LogP contribution in [0.25, 0.3) is 0 Å². The van der Waals surface area contributed by atoms with E-state index in [1.54, 1.807) is 0 Å². The molecule has 0 unspecified atom stereocenters. The third kappa shape index (κ3) is 4.18. The van der Waals surface area contributed by atoms with Crippen LogP contribution in [-0.2, 0) is 0 Å². The molecule has 0 radical (unpaired) electrons. The normalized spacial score (nSPS) is 18.6. The van der Waals surface area contributed by atoms with Crippen LogP contribution in [0.2, 0.25) is 0 Å². The molecule has 0 bridgehead atoms. The molecule has 4 rings (SSSR count). The van der Waals surface area contributed by atoms with Crippen molar-refractivity contribution < 1.29 is 0 Å². The van der Waals surface area contributed by atoms with Gasteiger partial charge < -0.3 is 15.1 Å². The second-order valence-electron chi connectivity index (χ2n) is 7.91. The summed E-state index contributed by atoms with van der Waals surface area (Å²) in [7, 11) is 0. The maximum atomic E-state index is 4.81. The van der Waals surface area contributed by atoms with Gasteiger partial charge in [-0.3, -0.25) is 0 Å². The van der Waals surface area contributed by atoms with E-state index >= 15 is 0 Å². The van der Waals surface area contributed by atoms with Crippen molar-refractivity contribution in [2.24, 2.45) is 0 Å². The molecular weight excluding hydrogens is 334 g/mol. The number of aryl methyl sites for hydroxylation is 1. The summed E-state index contributed by atoms with van der Waals surface area (Å²) in [5.74, 6) is 1.83. The van der Waals surface area contributed by atoms with Crippen LogP contribution in [0.5, 0.6) is 0 Å². The first kappa shape index (κ1) is 18.1. The van der Waals surface area contributed by atoms with E-state index in [4.69, 9.17) is 4.98 Å². The van der Waals surface area contributed by atoms with Gasteiger partial charge in [0.05, 0.1) is 0 Å². The summed E-state index contributed by atoms with van der Waals surface area (Å²) in [4.78, 5) is 14.1. The van der Waals surface area contributed by atoms with Crippen molar-refractivity contribution in [1.29, 1.82) is 0 Å². The minimum Gasteiger partial charge on any atom is -0.368 e. The standard InChI is InChI=1S/C22H31N5/c1-17-7-6-10-20(18(17)2)26-13-15-27(16-14-26)22-23-12-11-21(25-22)24-19-8-4-3-5-9-19/h6-7,10-12,19H,3-5,8-9,13-16H2,1-2H3,(H,23,24,25). The van der Waals surface area contributed by atoms with Crippen LogP contribution < -0.4 is 15.1 Å². The highest BCUT2D eigenvalue weighted by molar-refractivity contribution is 5.57. The van der Waals surface area contributed by atoms with Crippen molar-refractivity contribution in [3.63, 3.8) is 0 Å². The van der Waals surface area contributed by atoms with Crippen molar-refractivity contribution in [3.05, 3.63) is 41.6 Å². The van der Waals surface area contributed by atoms with E-state index in [1.807, 2.05) is 12.3 Å². The third-order valence-electron chi connectivity index (χ3n) is 6.08. The van der Waals surface area contributed by atoms with E-state index in [9.17, 15) is 0 Å². The van der Waals surface area contributed by atoms with Crippen molar-refractivity contribution in [1.82, 2.24) is 9.97 Å². The number of nitrogens with one attached hydrogen (secondary N) is 1. The summed E-state index contributed by atoms with van der Waals surface area (Å²) in [5, 5.41) is 3.62. The molecule has 2 aliphatic rings. The summed E-state index contributed by atoms with van der Waals surface area (Å²) < 4.78 is 0. The second-order valence-corrected chi connectivity index (χ2v) is 7.91. The predicted octanol–water partition coefficient (Wildman–Crippen LogP) is 4.16. The molecule has 1 N–H and O–H groups in total. The van der Waals surface area contributed by atoms with E-state index in [2.05, 4.69) is 52.1 Å². The molecule has 0 amide bonds. The minimum atomic E-state index is 0.572. The molecule has 144 valence electrons. The molecule has 1 aromatic heterocycles. The Bertz CT molecular complexity index is 761. The van der Waals surface area contributed by atoms with Crippen molar-refractivity contribution in [2.45, 2.75) is 52.0 Å². The number of anilines is 3. The highest BCUT2D eigenvalue weighted by Crippen LogP contribution is 2.25. The lowest BCUT2D eigenvalue weighted by atomic mass is 9.95. The summed E-state index contributed by atoms with van der Waals surface area (Å²) in [5.41, 5.74) is 4.11. The number of piperazine rings is 1. The van der Waals surface area contributed by atoms with E-state index in [-0.39, 0.29) is 0 Å². The van der Waals surface area contributed by atoms with Gasteiger partial charge in [0.2, 0.25) is 5.95 Å². The first-order chi connectivity index (χ1) is 13.2. The van der Waals surface area contributed by atoms with Gasteiger partial charge in [-0.05, 0) is 49.9 Å². The topological polar surface area (TPSA) is 44.3 Å². The Hall–Kier alpha value is -2.30. The molecule has 2 aromatic rings. The maximum Gasteiger partial charge on any atom is 0.227 e. The van der Waals surface area contributed by atoms with E-state index in [1.165, 1.54) is 48.9 Å². The Morgan fingerprint density at radius 1 is 0.926 bits per heavy atom. The zero-order chi connectivity index (χ0) is 18.6. The second kappa shape index (κ2) is 8.15. The Kier molecular flexibility index (Phi) is 5.46. The molecular formula is C22H31N5. The molecule has 1 aromatic carbocycles. The number of nitrogens with zero attached hydrogens (tertiary/aromatic N) is 4. The van der Waals surface area contributed by atoms with Crippen molar-refractivity contribution >= 4 is 17.5 Å². The molecule has 2 fully saturated rings. The van der Waals surface area contributed by atoms with Gasteiger partial charge in [-0.15, -0.1) is 0 Å². The van der Waals surface area contributed by atoms with Gasteiger partial charge >= 0.3 is 0 Å². The Morgan fingerprint density at radius 3 is 2.44 bits per heavy atom. The molecule has 5 nitrogen and oxygen atoms in total. The molecule has 2 heterocycles. The number of hydrogen-bond donors (Lipinski definition) is 1. The van der Waals surface area contributed by atoms with Gasteiger partial charge in [0.25, 0.3) is 0 Å². The van der Waals surface area contributed by atoms with Crippen LogP contribution in [0.3, 0.4) is 0 Å². The van der Waals surface area contributed by atoms with Gasteiger partial charge in [-0.1, -0.05) is 31.4 Å². The zero-order valence-corrected chi connectivity index (χ0v) is 16.6. The number of rotatable bonds is 4. The number of hydrogen-bond acceptors (Lipinski definition) is 5. The van der Waals surface area contributed by atoms with Crippen LogP contribution in [0.4, 0.5) is 17.5 Å². The van der Waals surface area contributed by atoms with Crippen LogP contribution >= 0.6 is 0 Å². The molecule has 1 aliphatic carbocycles. The average Bonchev–Trinajstić information content (AvgIpc) is 2.71. The van der Waals surface area contributed by atoms with Crippen LogP contribution in [0.15, 0.2) is 30.5 Å². The van der Waals surface area contributed by atoms with Gasteiger partial charge in [-0.25, -0.2) is 4.98 Å². The van der Waals surface area contributed by atoms with Gasteiger partial charge in [0, 0.05) is 44.1 Å². The van der Waals surface area contributed by atoms with E-state index in [0.717, 1.165) is 37.9 Å². The molecule has 0 spiro atoms. The Labute approximate surface area is 162 Å². The lowest BCUT2D eigenvalue weighted by Gasteiger charge is -2.37. The summed E-state index contributed by atoms with van der Waals surface area (Å²) in [6.07, 6.45) is 8.44. The fourth-order valence-electron chi connectivity index (χ4n) is 4.26. The lowest BCUT2D eigenvalue weighted by molar-refractivity contribution is 0.462. The maximum absolute atomic E-state index is 4.81. The molecule has 5 heteroatoms. The van der Waals surface area contributed by atoms with Gasteiger partial charge in [0.15, 0.2) is 0 Å². The van der Waals surface area contributed by atoms with Crippen LogP contribution in [-0.4, -0.2) is 42.2 Å².